The zero-order chi connectivity index (χ0) is 8.39. The molecule has 0 fully saturated rings. The molecule has 1 aliphatic heterocycles. The SMILES string of the molecule is CC1=Nc2ccccc2C=CC1. The number of allylic oxidation sites excluding steroid dienone is 1. The van der Waals surface area contributed by atoms with Crippen LogP contribution in [0.1, 0.15) is 18.9 Å². The summed E-state index contributed by atoms with van der Waals surface area (Å²) in [5, 5.41) is 0. The van der Waals surface area contributed by atoms with Crippen LogP contribution in [0, 0.1) is 0 Å². The highest BCUT2D eigenvalue weighted by molar-refractivity contribution is 5.89. The van der Waals surface area contributed by atoms with E-state index in [1.807, 2.05) is 12.1 Å². The molecule has 0 saturated heterocycles. The summed E-state index contributed by atoms with van der Waals surface area (Å²) in [5.41, 5.74) is 3.48. The lowest BCUT2D eigenvalue weighted by Gasteiger charge is -1.97. The fraction of sp³-hybridized carbons (Fsp3) is 0.182. The number of para-hydroxylation sites is 1. The van der Waals surface area contributed by atoms with Gasteiger partial charge in [0.1, 0.15) is 0 Å². The molecule has 0 unspecified atom stereocenters. The summed E-state index contributed by atoms with van der Waals surface area (Å²) < 4.78 is 0. The van der Waals surface area contributed by atoms with Gasteiger partial charge >= 0.3 is 0 Å². The minimum absolute atomic E-state index is 0.967. The maximum absolute atomic E-state index is 4.49. The van der Waals surface area contributed by atoms with Crippen molar-refractivity contribution >= 4 is 17.5 Å². The van der Waals surface area contributed by atoms with E-state index in [-0.39, 0.29) is 0 Å². The van der Waals surface area contributed by atoms with Gasteiger partial charge in [-0.05, 0) is 18.6 Å². The van der Waals surface area contributed by atoms with Gasteiger partial charge in [-0.15, -0.1) is 0 Å². The van der Waals surface area contributed by atoms with Crippen LogP contribution < -0.4 is 0 Å². The van der Waals surface area contributed by atoms with Crippen molar-refractivity contribution in [3.63, 3.8) is 0 Å². The Hall–Kier alpha value is -1.37. The maximum atomic E-state index is 4.49. The Labute approximate surface area is 72.5 Å². The zero-order valence-corrected chi connectivity index (χ0v) is 7.12. The number of fused-ring (bicyclic) bond motifs is 1. The summed E-state index contributed by atoms with van der Waals surface area (Å²) in [5.74, 6) is 0. The zero-order valence-electron chi connectivity index (χ0n) is 7.12. The van der Waals surface area contributed by atoms with Crippen molar-refractivity contribution in [1.29, 1.82) is 0 Å². The maximum Gasteiger partial charge on any atom is 0.0701 e. The second-order valence-corrected chi connectivity index (χ2v) is 3.01. The molecular weight excluding hydrogens is 146 g/mol. The molecule has 0 amide bonds. The van der Waals surface area contributed by atoms with Crippen LogP contribution in [0.15, 0.2) is 35.3 Å². The molecule has 0 spiro atoms. The highest BCUT2D eigenvalue weighted by Gasteiger charge is 2.00. The van der Waals surface area contributed by atoms with Crippen LogP contribution >= 0.6 is 0 Å². The van der Waals surface area contributed by atoms with Gasteiger partial charge in [0, 0.05) is 12.1 Å². The first-order valence-corrected chi connectivity index (χ1v) is 4.16. The first-order chi connectivity index (χ1) is 5.86. The van der Waals surface area contributed by atoms with Crippen molar-refractivity contribution in [2.75, 3.05) is 0 Å². The average Bonchev–Trinajstić information content (AvgIpc) is 2.25. The van der Waals surface area contributed by atoms with E-state index in [9.17, 15) is 0 Å². The van der Waals surface area contributed by atoms with Crippen molar-refractivity contribution in [3.8, 4) is 0 Å². The highest BCUT2D eigenvalue weighted by Crippen LogP contribution is 2.23. The van der Waals surface area contributed by atoms with E-state index in [1.54, 1.807) is 0 Å². The predicted octanol–water partition coefficient (Wildman–Crippen LogP) is 3.20. The Kier molecular flexibility index (Phi) is 1.78. The summed E-state index contributed by atoms with van der Waals surface area (Å²) >= 11 is 0. The van der Waals surface area contributed by atoms with E-state index in [4.69, 9.17) is 0 Å². The van der Waals surface area contributed by atoms with Crippen LogP contribution in [-0.4, -0.2) is 5.71 Å². The highest BCUT2D eigenvalue weighted by atomic mass is 14.7. The molecule has 1 aromatic carbocycles. The Morgan fingerprint density at radius 3 is 3.00 bits per heavy atom. The van der Waals surface area contributed by atoms with Crippen molar-refractivity contribution in [3.05, 3.63) is 35.9 Å². The van der Waals surface area contributed by atoms with Crippen molar-refractivity contribution in [2.45, 2.75) is 13.3 Å². The lowest BCUT2D eigenvalue weighted by molar-refractivity contribution is 1.41. The van der Waals surface area contributed by atoms with Crippen LogP contribution in [0.25, 0.3) is 6.08 Å². The van der Waals surface area contributed by atoms with Gasteiger partial charge in [0.05, 0.1) is 5.69 Å². The third kappa shape index (κ3) is 1.30. The average molecular weight is 157 g/mol. The molecule has 1 heteroatoms. The quantitative estimate of drug-likeness (QED) is 0.548. The topological polar surface area (TPSA) is 12.4 Å². The normalized spacial score (nSPS) is 14.9. The molecule has 1 heterocycles. The summed E-state index contributed by atoms with van der Waals surface area (Å²) in [4.78, 5) is 4.49. The van der Waals surface area contributed by atoms with Crippen LogP contribution in [0.3, 0.4) is 0 Å². The van der Waals surface area contributed by atoms with Gasteiger partial charge in [-0.3, -0.25) is 4.99 Å². The van der Waals surface area contributed by atoms with E-state index in [1.165, 1.54) is 11.3 Å². The van der Waals surface area contributed by atoms with E-state index >= 15 is 0 Å². The van der Waals surface area contributed by atoms with E-state index in [2.05, 4.69) is 36.2 Å². The van der Waals surface area contributed by atoms with Crippen molar-refractivity contribution < 1.29 is 0 Å². The molecule has 1 aliphatic rings. The van der Waals surface area contributed by atoms with E-state index in [0.717, 1.165) is 12.1 Å². The fourth-order valence-corrected chi connectivity index (χ4v) is 1.34. The molecular formula is C11H11N. The van der Waals surface area contributed by atoms with Gasteiger partial charge in [0.15, 0.2) is 0 Å². The summed E-state index contributed by atoms with van der Waals surface area (Å²) in [7, 11) is 0. The molecule has 0 atom stereocenters. The second-order valence-electron chi connectivity index (χ2n) is 3.01. The summed E-state index contributed by atoms with van der Waals surface area (Å²) in [6.45, 7) is 2.06. The van der Waals surface area contributed by atoms with Gasteiger partial charge in [0.2, 0.25) is 0 Å². The third-order valence-electron chi connectivity index (χ3n) is 1.96. The number of hydrogen-bond donors (Lipinski definition) is 0. The fourth-order valence-electron chi connectivity index (χ4n) is 1.34. The van der Waals surface area contributed by atoms with Gasteiger partial charge in [-0.2, -0.15) is 0 Å². The largest absolute Gasteiger partial charge is 0.257 e. The number of benzene rings is 1. The van der Waals surface area contributed by atoms with E-state index < -0.39 is 0 Å². The number of nitrogens with zero attached hydrogens (tertiary/aromatic N) is 1. The Morgan fingerprint density at radius 1 is 1.25 bits per heavy atom. The van der Waals surface area contributed by atoms with Crippen molar-refractivity contribution in [1.82, 2.24) is 0 Å². The molecule has 0 bridgehead atoms. The van der Waals surface area contributed by atoms with Gasteiger partial charge in [-0.25, -0.2) is 0 Å². The Morgan fingerprint density at radius 2 is 2.08 bits per heavy atom. The molecule has 0 saturated carbocycles. The van der Waals surface area contributed by atoms with Crippen molar-refractivity contribution in [2.24, 2.45) is 4.99 Å². The molecule has 0 radical (unpaired) electrons. The van der Waals surface area contributed by atoms with Gasteiger partial charge in [0.25, 0.3) is 0 Å². The summed E-state index contributed by atoms with van der Waals surface area (Å²) in [6, 6.07) is 8.20. The van der Waals surface area contributed by atoms with E-state index in [0.29, 0.717) is 0 Å². The number of rotatable bonds is 0. The van der Waals surface area contributed by atoms with Crippen LogP contribution in [0.5, 0.6) is 0 Å². The molecule has 0 aromatic heterocycles. The monoisotopic (exact) mass is 157 g/mol. The molecule has 12 heavy (non-hydrogen) atoms. The van der Waals surface area contributed by atoms with Crippen LogP contribution in [0.2, 0.25) is 0 Å². The van der Waals surface area contributed by atoms with Crippen LogP contribution in [-0.2, 0) is 0 Å². The molecule has 0 N–H and O–H groups in total. The minimum Gasteiger partial charge on any atom is -0.257 e. The second kappa shape index (κ2) is 2.94. The van der Waals surface area contributed by atoms with Crippen LogP contribution in [0.4, 0.5) is 5.69 Å². The lowest BCUT2D eigenvalue weighted by Crippen LogP contribution is -1.84. The molecule has 1 aromatic rings. The molecule has 1 nitrogen and oxygen atoms in total. The van der Waals surface area contributed by atoms with Gasteiger partial charge in [-0.1, -0.05) is 30.4 Å². The Bertz CT molecular complexity index is 348. The number of aliphatic imine (C=N–C) groups is 1. The molecule has 0 aliphatic carbocycles. The molecule has 2 rings (SSSR count). The Balaban J connectivity index is 2.58. The smallest absolute Gasteiger partial charge is 0.0701 e. The summed E-state index contributed by atoms with van der Waals surface area (Å²) in [6.07, 6.45) is 5.26. The third-order valence-corrected chi connectivity index (χ3v) is 1.96. The standard InChI is InChI=1S/C11H11N/c1-9-5-4-7-10-6-2-3-8-11(10)12-9/h2-4,6-8H,5H2,1H3. The predicted molar refractivity (Wildman–Crippen MR) is 52.9 cm³/mol. The minimum atomic E-state index is 0.967. The lowest BCUT2D eigenvalue weighted by atomic mass is 10.2. The molecule has 60 valence electrons. The number of hydrogen-bond acceptors (Lipinski definition) is 1. The van der Waals surface area contributed by atoms with Gasteiger partial charge < -0.3 is 0 Å². The first-order valence-electron chi connectivity index (χ1n) is 4.16. The first kappa shape index (κ1) is 7.29.